The van der Waals surface area contributed by atoms with Crippen LogP contribution in [0.4, 0.5) is 13.2 Å². The van der Waals surface area contributed by atoms with E-state index < -0.39 is 23.2 Å². The van der Waals surface area contributed by atoms with Gasteiger partial charge in [-0.15, -0.1) is 0 Å². The van der Waals surface area contributed by atoms with Crippen molar-refractivity contribution in [2.45, 2.75) is 17.7 Å². The van der Waals surface area contributed by atoms with Gasteiger partial charge in [-0.25, -0.2) is 0 Å². The fourth-order valence-corrected chi connectivity index (χ4v) is 1.11. The number of aliphatic hydroxyl groups is 1. The van der Waals surface area contributed by atoms with Crippen LogP contribution in [0.2, 0.25) is 0 Å². The quantitative estimate of drug-likeness (QED) is 0.593. The number of allylic oxidation sites excluding steroid dienone is 2. The van der Waals surface area contributed by atoms with E-state index in [2.05, 4.69) is 0 Å². The molecule has 0 aromatic rings. The SMILES string of the molecule is O[C@]1(Cl)C=CC=C(C(F)(F)F)C1. The van der Waals surface area contributed by atoms with Gasteiger partial charge in [-0.05, 0) is 6.08 Å². The van der Waals surface area contributed by atoms with Gasteiger partial charge < -0.3 is 5.11 Å². The highest BCUT2D eigenvalue weighted by Gasteiger charge is 2.39. The minimum absolute atomic E-state index is 0.603. The summed E-state index contributed by atoms with van der Waals surface area (Å²) in [5.41, 5.74) is -0.817. The average Bonchev–Trinajstić information content (AvgIpc) is 1.83. The van der Waals surface area contributed by atoms with Crippen LogP contribution in [0.15, 0.2) is 23.8 Å². The summed E-state index contributed by atoms with van der Waals surface area (Å²) >= 11 is 5.30. The zero-order valence-corrected chi connectivity index (χ0v) is 6.65. The van der Waals surface area contributed by atoms with Crippen molar-refractivity contribution in [1.82, 2.24) is 0 Å². The third kappa shape index (κ3) is 2.25. The van der Waals surface area contributed by atoms with E-state index in [0.29, 0.717) is 0 Å². The average molecular weight is 199 g/mol. The molecule has 0 aromatic heterocycles. The molecule has 0 aromatic carbocycles. The van der Waals surface area contributed by atoms with E-state index in [9.17, 15) is 13.2 Å². The lowest BCUT2D eigenvalue weighted by Crippen LogP contribution is -2.26. The normalized spacial score (nSPS) is 30.2. The molecule has 0 aliphatic heterocycles. The van der Waals surface area contributed by atoms with Gasteiger partial charge in [0.2, 0.25) is 0 Å². The topological polar surface area (TPSA) is 20.2 Å². The Labute approximate surface area is 72.1 Å². The molecule has 0 radical (unpaired) electrons. The lowest BCUT2D eigenvalue weighted by Gasteiger charge is -2.22. The van der Waals surface area contributed by atoms with Crippen LogP contribution >= 0.6 is 11.6 Å². The van der Waals surface area contributed by atoms with Crippen molar-refractivity contribution >= 4 is 11.6 Å². The number of rotatable bonds is 0. The predicted octanol–water partition coefficient (Wildman–Crippen LogP) is 2.36. The first-order chi connectivity index (χ1) is 5.31. The Kier molecular flexibility index (Phi) is 2.23. The van der Waals surface area contributed by atoms with Crippen LogP contribution in [0.1, 0.15) is 6.42 Å². The van der Waals surface area contributed by atoms with Crippen molar-refractivity contribution in [1.29, 1.82) is 0 Å². The number of alkyl halides is 4. The molecule has 0 fully saturated rings. The molecule has 0 bridgehead atoms. The van der Waals surface area contributed by atoms with Gasteiger partial charge in [0.15, 0.2) is 5.06 Å². The summed E-state index contributed by atoms with van der Waals surface area (Å²) in [6.45, 7) is 0. The Hall–Kier alpha value is -0.480. The summed E-state index contributed by atoms with van der Waals surface area (Å²) in [5, 5.41) is 7.16. The minimum atomic E-state index is -4.41. The maximum absolute atomic E-state index is 12.0. The van der Waals surface area contributed by atoms with Crippen molar-refractivity contribution in [3.8, 4) is 0 Å². The molecule has 1 N–H and O–H groups in total. The molecule has 1 nitrogen and oxygen atoms in total. The molecule has 1 rings (SSSR count). The first kappa shape index (κ1) is 9.61. The van der Waals surface area contributed by atoms with Crippen LogP contribution in [0, 0.1) is 0 Å². The fourth-order valence-electron chi connectivity index (χ4n) is 0.891. The van der Waals surface area contributed by atoms with Crippen molar-refractivity contribution in [2.75, 3.05) is 0 Å². The summed E-state index contributed by atoms with van der Waals surface area (Å²) in [6, 6.07) is 0. The van der Waals surface area contributed by atoms with Crippen molar-refractivity contribution in [3.63, 3.8) is 0 Å². The first-order valence-corrected chi connectivity index (χ1v) is 3.56. The van der Waals surface area contributed by atoms with E-state index in [0.717, 1.165) is 18.2 Å². The highest BCUT2D eigenvalue weighted by molar-refractivity contribution is 6.24. The summed E-state index contributed by atoms with van der Waals surface area (Å²) in [7, 11) is 0. The van der Waals surface area contributed by atoms with Gasteiger partial charge in [0, 0.05) is 12.0 Å². The summed E-state index contributed by atoms with van der Waals surface area (Å²) in [6.07, 6.45) is -1.90. The van der Waals surface area contributed by atoms with E-state index in [-0.39, 0.29) is 0 Å². The van der Waals surface area contributed by atoms with Crippen LogP contribution < -0.4 is 0 Å². The molecule has 1 aliphatic rings. The van der Waals surface area contributed by atoms with Crippen LogP contribution in [-0.4, -0.2) is 16.3 Å². The lowest BCUT2D eigenvalue weighted by molar-refractivity contribution is -0.0974. The summed E-state index contributed by atoms with van der Waals surface area (Å²) in [4.78, 5) is 0. The Morgan fingerprint density at radius 3 is 2.42 bits per heavy atom. The second-order valence-electron chi connectivity index (χ2n) is 2.54. The monoisotopic (exact) mass is 198 g/mol. The Bertz CT molecular complexity index is 240. The van der Waals surface area contributed by atoms with Gasteiger partial charge >= 0.3 is 6.18 Å². The predicted molar refractivity (Wildman–Crippen MR) is 38.7 cm³/mol. The molecule has 0 heterocycles. The molecule has 12 heavy (non-hydrogen) atoms. The highest BCUT2D eigenvalue weighted by atomic mass is 35.5. The molecule has 0 amide bonds. The second-order valence-corrected chi connectivity index (χ2v) is 3.20. The summed E-state index contributed by atoms with van der Waals surface area (Å²) in [5.74, 6) is 0. The molecule has 0 saturated heterocycles. The van der Waals surface area contributed by atoms with Gasteiger partial charge in [0.25, 0.3) is 0 Å². The number of halogens is 4. The smallest absolute Gasteiger partial charge is 0.371 e. The third-order valence-electron chi connectivity index (χ3n) is 1.45. The Balaban J connectivity index is 2.84. The van der Waals surface area contributed by atoms with Gasteiger partial charge in [-0.1, -0.05) is 23.8 Å². The standard InChI is InChI=1S/C7H6ClF3O/c8-6(12)3-1-2-5(4-6)7(9,10)11/h1-3,12H,4H2/t6-/m1/s1. The molecular formula is C7H6ClF3O. The van der Waals surface area contributed by atoms with E-state index in [1.54, 1.807) is 0 Å². The van der Waals surface area contributed by atoms with Gasteiger partial charge in [0.1, 0.15) is 0 Å². The number of hydrogen-bond acceptors (Lipinski definition) is 1. The second kappa shape index (κ2) is 2.78. The van der Waals surface area contributed by atoms with Crippen LogP contribution in [0.5, 0.6) is 0 Å². The van der Waals surface area contributed by atoms with Crippen LogP contribution in [-0.2, 0) is 0 Å². The Morgan fingerprint density at radius 2 is 2.08 bits per heavy atom. The van der Waals surface area contributed by atoms with Gasteiger partial charge in [0.05, 0.1) is 0 Å². The zero-order valence-electron chi connectivity index (χ0n) is 5.90. The highest BCUT2D eigenvalue weighted by Crippen LogP contribution is 2.36. The largest absolute Gasteiger partial charge is 0.412 e. The molecular weight excluding hydrogens is 193 g/mol. The first-order valence-electron chi connectivity index (χ1n) is 3.18. The molecule has 0 spiro atoms. The van der Waals surface area contributed by atoms with Gasteiger partial charge in [-0.2, -0.15) is 13.2 Å². The van der Waals surface area contributed by atoms with Crippen molar-refractivity contribution in [3.05, 3.63) is 23.8 Å². The van der Waals surface area contributed by atoms with Gasteiger partial charge in [-0.3, -0.25) is 0 Å². The third-order valence-corrected chi connectivity index (χ3v) is 1.71. The molecule has 0 saturated carbocycles. The maximum Gasteiger partial charge on any atom is 0.412 e. The van der Waals surface area contributed by atoms with Crippen LogP contribution in [0.25, 0.3) is 0 Å². The molecule has 1 aliphatic carbocycles. The molecule has 1 atom stereocenters. The summed E-state index contributed by atoms with van der Waals surface area (Å²) < 4.78 is 36.0. The molecule has 5 heteroatoms. The molecule has 0 unspecified atom stereocenters. The van der Waals surface area contributed by atoms with Crippen molar-refractivity contribution < 1.29 is 18.3 Å². The lowest BCUT2D eigenvalue weighted by atomic mass is 10.0. The maximum atomic E-state index is 12.0. The van der Waals surface area contributed by atoms with E-state index in [1.807, 2.05) is 0 Å². The molecule has 68 valence electrons. The van der Waals surface area contributed by atoms with Crippen LogP contribution in [0.3, 0.4) is 0 Å². The van der Waals surface area contributed by atoms with E-state index in [1.165, 1.54) is 0 Å². The van der Waals surface area contributed by atoms with Crippen molar-refractivity contribution in [2.24, 2.45) is 0 Å². The Morgan fingerprint density at radius 1 is 1.50 bits per heavy atom. The zero-order chi connectivity index (χ0) is 9.41. The van der Waals surface area contributed by atoms with E-state index in [4.69, 9.17) is 16.7 Å². The number of hydrogen-bond donors (Lipinski definition) is 1. The fraction of sp³-hybridized carbons (Fsp3) is 0.429. The van der Waals surface area contributed by atoms with E-state index >= 15 is 0 Å². The minimum Gasteiger partial charge on any atom is -0.371 e.